The van der Waals surface area contributed by atoms with Crippen LogP contribution in [0.2, 0.25) is 0 Å². The zero-order valence-corrected chi connectivity index (χ0v) is 12.2. The van der Waals surface area contributed by atoms with Gasteiger partial charge >= 0.3 is 0 Å². The fraction of sp³-hybridized carbons (Fsp3) is 0.267. The quantitative estimate of drug-likeness (QED) is 0.798. The molecule has 0 aliphatic heterocycles. The van der Waals surface area contributed by atoms with E-state index in [1.807, 2.05) is 56.1 Å². The molecule has 0 atom stereocenters. The number of aromatic amines is 1. The largest absolute Gasteiger partial charge is 0.343 e. The molecule has 21 heavy (non-hydrogen) atoms. The molecule has 0 saturated heterocycles. The summed E-state index contributed by atoms with van der Waals surface area (Å²) in [5.41, 5.74) is 1.26. The predicted molar refractivity (Wildman–Crippen MR) is 83.0 cm³/mol. The lowest BCUT2D eigenvalue weighted by Gasteiger charge is -2.21. The van der Waals surface area contributed by atoms with E-state index >= 15 is 0 Å². The second kappa shape index (κ2) is 5.05. The monoisotopic (exact) mass is 283 g/mol. The van der Waals surface area contributed by atoms with Gasteiger partial charge in [-0.25, -0.2) is 4.68 Å². The third kappa shape index (κ3) is 2.29. The van der Waals surface area contributed by atoms with Gasteiger partial charge in [0, 0.05) is 13.1 Å². The number of nitrogens with zero attached hydrogens (tertiary/aromatic N) is 4. The Morgan fingerprint density at radius 3 is 2.62 bits per heavy atom. The van der Waals surface area contributed by atoms with Crippen molar-refractivity contribution < 1.29 is 0 Å². The Kier molecular flexibility index (Phi) is 3.21. The fourth-order valence-corrected chi connectivity index (χ4v) is 2.08. The average molecular weight is 283 g/mol. The first-order chi connectivity index (χ1) is 10.1. The molecule has 0 saturated carbocycles. The van der Waals surface area contributed by atoms with E-state index in [9.17, 15) is 4.79 Å². The van der Waals surface area contributed by atoms with Gasteiger partial charge in [-0.3, -0.25) is 9.78 Å². The van der Waals surface area contributed by atoms with Crippen LogP contribution in [0.5, 0.6) is 0 Å². The maximum absolute atomic E-state index is 12.2. The molecule has 6 nitrogen and oxygen atoms in total. The second-order valence-electron chi connectivity index (χ2n) is 5.22. The van der Waals surface area contributed by atoms with Gasteiger partial charge < -0.3 is 4.90 Å². The Balaban J connectivity index is 2.23. The number of fused-ring (bicyclic) bond motifs is 1. The van der Waals surface area contributed by atoms with Gasteiger partial charge in [0.15, 0.2) is 5.65 Å². The Morgan fingerprint density at radius 2 is 1.95 bits per heavy atom. The number of para-hydroxylation sites is 1. The summed E-state index contributed by atoms with van der Waals surface area (Å²) in [5.74, 6) is 0.542. The minimum absolute atomic E-state index is 0.176. The van der Waals surface area contributed by atoms with Gasteiger partial charge in [-0.05, 0) is 26.0 Å². The van der Waals surface area contributed by atoms with Crippen LogP contribution in [0, 0.1) is 0 Å². The van der Waals surface area contributed by atoms with Gasteiger partial charge in [-0.1, -0.05) is 18.2 Å². The number of hydrogen-bond acceptors (Lipinski definition) is 4. The summed E-state index contributed by atoms with van der Waals surface area (Å²) in [7, 11) is 1.90. The molecule has 0 fully saturated rings. The standard InChI is InChI=1S/C15H17N5O/c1-10(2)19(3)15-17-13-12(14(21)18-15)9-16-20(13)11-7-5-4-6-8-11/h4-10H,1-3H3,(H,17,18,21). The van der Waals surface area contributed by atoms with Crippen molar-refractivity contribution in [2.75, 3.05) is 11.9 Å². The van der Waals surface area contributed by atoms with E-state index < -0.39 is 0 Å². The number of benzene rings is 1. The molecule has 0 radical (unpaired) electrons. The molecule has 1 N–H and O–H groups in total. The van der Waals surface area contributed by atoms with Crippen molar-refractivity contribution >= 4 is 17.0 Å². The predicted octanol–water partition coefficient (Wildman–Crippen LogP) is 1.95. The van der Waals surface area contributed by atoms with Gasteiger partial charge in [0.25, 0.3) is 5.56 Å². The summed E-state index contributed by atoms with van der Waals surface area (Å²) in [6.45, 7) is 4.08. The van der Waals surface area contributed by atoms with Gasteiger partial charge in [-0.15, -0.1) is 0 Å². The molecule has 3 rings (SSSR count). The van der Waals surface area contributed by atoms with Gasteiger partial charge in [0.05, 0.1) is 11.9 Å². The van der Waals surface area contributed by atoms with Crippen molar-refractivity contribution in [1.82, 2.24) is 19.7 Å². The topological polar surface area (TPSA) is 66.8 Å². The Bertz CT molecular complexity index is 819. The molecule has 108 valence electrons. The molecule has 0 unspecified atom stereocenters. The molecule has 3 aromatic rings. The van der Waals surface area contributed by atoms with Crippen LogP contribution in [0.25, 0.3) is 16.7 Å². The van der Waals surface area contributed by atoms with Gasteiger partial charge in [0.1, 0.15) is 5.39 Å². The molecule has 1 aromatic carbocycles. The molecular formula is C15H17N5O. The number of aromatic nitrogens is 4. The first-order valence-electron chi connectivity index (χ1n) is 6.84. The van der Waals surface area contributed by atoms with Gasteiger partial charge in [0.2, 0.25) is 5.95 Å². The van der Waals surface area contributed by atoms with Crippen LogP contribution >= 0.6 is 0 Å². The zero-order valence-electron chi connectivity index (χ0n) is 12.2. The fourth-order valence-electron chi connectivity index (χ4n) is 2.08. The first kappa shape index (κ1) is 13.4. The zero-order chi connectivity index (χ0) is 15.0. The molecule has 0 aliphatic rings. The summed E-state index contributed by atoms with van der Waals surface area (Å²) in [5, 5.41) is 4.77. The summed E-state index contributed by atoms with van der Waals surface area (Å²) in [6.07, 6.45) is 1.55. The molecule has 0 aliphatic carbocycles. The SMILES string of the molecule is CC(C)N(C)c1nc2c(cnn2-c2ccccc2)c(=O)[nH]1. The molecule has 0 spiro atoms. The minimum atomic E-state index is -0.176. The van der Waals surface area contributed by atoms with Crippen molar-refractivity contribution in [3.05, 3.63) is 46.9 Å². The highest BCUT2D eigenvalue weighted by molar-refractivity contribution is 5.76. The molecule has 6 heteroatoms. The minimum Gasteiger partial charge on any atom is -0.343 e. The van der Waals surface area contributed by atoms with E-state index in [0.29, 0.717) is 17.0 Å². The number of anilines is 1. The van der Waals surface area contributed by atoms with Crippen molar-refractivity contribution in [2.45, 2.75) is 19.9 Å². The summed E-state index contributed by atoms with van der Waals surface area (Å²) < 4.78 is 1.68. The van der Waals surface area contributed by atoms with E-state index in [2.05, 4.69) is 15.1 Å². The van der Waals surface area contributed by atoms with Crippen LogP contribution in [0.15, 0.2) is 41.3 Å². The maximum Gasteiger partial charge on any atom is 0.263 e. The van der Waals surface area contributed by atoms with Crippen molar-refractivity contribution in [3.8, 4) is 5.69 Å². The lowest BCUT2D eigenvalue weighted by Crippen LogP contribution is -2.29. The van der Waals surface area contributed by atoms with E-state index in [-0.39, 0.29) is 11.6 Å². The third-order valence-corrected chi connectivity index (χ3v) is 3.54. The highest BCUT2D eigenvalue weighted by Crippen LogP contribution is 2.16. The number of H-pyrrole nitrogens is 1. The van der Waals surface area contributed by atoms with Crippen molar-refractivity contribution in [1.29, 1.82) is 0 Å². The molecule has 0 amide bonds. The number of nitrogens with one attached hydrogen (secondary N) is 1. The molecule has 2 heterocycles. The molecular weight excluding hydrogens is 266 g/mol. The highest BCUT2D eigenvalue weighted by atomic mass is 16.1. The van der Waals surface area contributed by atoms with Crippen LogP contribution in [0.3, 0.4) is 0 Å². The van der Waals surface area contributed by atoms with E-state index in [4.69, 9.17) is 0 Å². The Morgan fingerprint density at radius 1 is 1.24 bits per heavy atom. The maximum atomic E-state index is 12.2. The lowest BCUT2D eigenvalue weighted by molar-refractivity contribution is 0.728. The van der Waals surface area contributed by atoms with E-state index in [0.717, 1.165) is 5.69 Å². The number of hydrogen-bond donors (Lipinski definition) is 1. The third-order valence-electron chi connectivity index (χ3n) is 3.54. The summed E-state index contributed by atoms with van der Waals surface area (Å²) >= 11 is 0. The van der Waals surface area contributed by atoms with Crippen LogP contribution in [0.1, 0.15) is 13.8 Å². The Labute approximate surface area is 122 Å². The van der Waals surface area contributed by atoms with Crippen LogP contribution < -0.4 is 10.5 Å². The summed E-state index contributed by atoms with van der Waals surface area (Å²) in [4.78, 5) is 21.5. The second-order valence-corrected chi connectivity index (χ2v) is 5.22. The Hall–Kier alpha value is -2.63. The van der Waals surface area contributed by atoms with Crippen LogP contribution in [0.4, 0.5) is 5.95 Å². The van der Waals surface area contributed by atoms with Crippen LogP contribution in [-0.4, -0.2) is 32.8 Å². The number of rotatable bonds is 3. The normalized spacial score (nSPS) is 11.2. The smallest absolute Gasteiger partial charge is 0.263 e. The molecule has 2 aromatic heterocycles. The van der Waals surface area contributed by atoms with E-state index in [1.54, 1.807) is 10.9 Å². The summed E-state index contributed by atoms with van der Waals surface area (Å²) in [6, 6.07) is 9.89. The molecule has 0 bridgehead atoms. The van der Waals surface area contributed by atoms with Crippen molar-refractivity contribution in [2.24, 2.45) is 0 Å². The van der Waals surface area contributed by atoms with E-state index in [1.165, 1.54) is 0 Å². The van der Waals surface area contributed by atoms with Crippen molar-refractivity contribution in [3.63, 3.8) is 0 Å². The van der Waals surface area contributed by atoms with Gasteiger partial charge in [-0.2, -0.15) is 10.1 Å². The first-order valence-corrected chi connectivity index (χ1v) is 6.84. The highest BCUT2D eigenvalue weighted by Gasteiger charge is 2.14. The lowest BCUT2D eigenvalue weighted by atomic mass is 10.3. The van der Waals surface area contributed by atoms with Crippen LogP contribution in [-0.2, 0) is 0 Å². The average Bonchev–Trinajstić information content (AvgIpc) is 2.91.